The van der Waals surface area contributed by atoms with Gasteiger partial charge in [-0.2, -0.15) is 0 Å². The Labute approximate surface area is 126 Å². The first-order valence-corrected chi connectivity index (χ1v) is 8.79. The van der Waals surface area contributed by atoms with Crippen molar-refractivity contribution in [3.05, 3.63) is 29.8 Å². The van der Waals surface area contributed by atoms with Gasteiger partial charge >= 0.3 is 0 Å². The van der Waals surface area contributed by atoms with Crippen molar-refractivity contribution < 1.29 is 17.9 Å². The average Bonchev–Trinajstić information content (AvgIpc) is 2.46. The van der Waals surface area contributed by atoms with Crippen LogP contribution in [-0.4, -0.2) is 33.9 Å². The highest BCUT2D eigenvalue weighted by molar-refractivity contribution is 7.89. The molecule has 0 atom stereocenters. The summed E-state index contributed by atoms with van der Waals surface area (Å²) < 4.78 is 36.5. The average molecular weight is 311 g/mol. The molecule has 0 spiro atoms. The Morgan fingerprint density at radius 2 is 2.00 bits per heavy atom. The zero-order chi connectivity index (χ0) is 15.1. The van der Waals surface area contributed by atoms with Crippen LogP contribution in [0.3, 0.4) is 0 Å². The van der Waals surface area contributed by atoms with E-state index in [1.165, 1.54) is 0 Å². The third kappa shape index (κ3) is 5.06. The van der Waals surface area contributed by atoms with E-state index in [1.807, 2.05) is 37.3 Å². The van der Waals surface area contributed by atoms with Gasteiger partial charge in [-0.3, -0.25) is 0 Å². The highest BCUT2D eigenvalue weighted by Gasteiger charge is 2.10. The fraction of sp³-hybridized carbons (Fsp3) is 0.467. The minimum absolute atomic E-state index is 0.179. The molecule has 1 aliphatic rings. The number of rotatable bonds is 7. The lowest BCUT2D eigenvalue weighted by Crippen LogP contribution is -2.26. The van der Waals surface area contributed by atoms with Crippen molar-refractivity contribution in [2.75, 3.05) is 25.5 Å². The Kier molecular flexibility index (Phi) is 5.64. The van der Waals surface area contributed by atoms with Crippen LogP contribution in [0.5, 0.6) is 11.5 Å². The SMILES string of the molecule is CCCS(=O)(=O)NCC/C=C/c1ccc2c(c1)OCCO2. The van der Waals surface area contributed by atoms with Gasteiger partial charge in [0.15, 0.2) is 11.5 Å². The summed E-state index contributed by atoms with van der Waals surface area (Å²) in [5, 5.41) is 0. The van der Waals surface area contributed by atoms with E-state index in [-0.39, 0.29) is 5.75 Å². The van der Waals surface area contributed by atoms with Crippen molar-refractivity contribution in [2.24, 2.45) is 0 Å². The molecule has 0 saturated heterocycles. The van der Waals surface area contributed by atoms with E-state index in [2.05, 4.69) is 4.72 Å². The van der Waals surface area contributed by atoms with Gasteiger partial charge in [0.2, 0.25) is 10.0 Å². The van der Waals surface area contributed by atoms with Gasteiger partial charge < -0.3 is 9.47 Å². The molecule has 0 radical (unpaired) electrons. The van der Waals surface area contributed by atoms with Gasteiger partial charge in [0.1, 0.15) is 13.2 Å². The van der Waals surface area contributed by atoms with Crippen LogP contribution in [0.2, 0.25) is 0 Å². The summed E-state index contributed by atoms with van der Waals surface area (Å²) in [7, 11) is -3.11. The van der Waals surface area contributed by atoms with Crippen LogP contribution in [0, 0.1) is 0 Å². The first-order chi connectivity index (χ1) is 10.1. The maximum absolute atomic E-state index is 11.5. The molecule has 1 aromatic carbocycles. The summed E-state index contributed by atoms with van der Waals surface area (Å²) in [6, 6.07) is 5.76. The summed E-state index contributed by atoms with van der Waals surface area (Å²) >= 11 is 0. The molecule has 1 aromatic rings. The van der Waals surface area contributed by atoms with Crippen LogP contribution in [0.4, 0.5) is 0 Å². The zero-order valence-electron chi connectivity index (χ0n) is 12.2. The molecule has 21 heavy (non-hydrogen) atoms. The third-order valence-corrected chi connectivity index (χ3v) is 4.57. The van der Waals surface area contributed by atoms with Gasteiger partial charge in [0.25, 0.3) is 0 Å². The van der Waals surface area contributed by atoms with Crippen molar-refractivity contribution in [1.29, 1.82) is 0 Å². The van der Waals surface area contributed by atoms with E-state index < -0.39 is 10.0 Å². The van der Waals surface area contributed by atoms with Crippen LogP contribution < -0.4 is 14.2 Å². The molecule has 0 aliphatic carbocycles. The molecule has 5 nitrogen and oxygen atoms in total. The first kappa shape index (κ1) is 15.9. The van der Waals surface area contributed by atoms with Gasteiger partial charge in [-0.25, -0.2) is 13.1 Å². The Hall–Kier alpha value is -1.53. The van der Waals surface area contributed by atoms with Crippen LogP contribution in [0.1, 0.15) is 25.3 Å². The minimum atomic E-state index is -3.11. The summed E-state index contributed by atoms with van der Waals surface area (Å²) in [5.41, 5.74) is 1.01. The largest absolute Gasteiger partial charge is 0.486 e. The lowest BCUT2D eigenvalue weighted by Gasteiger charge is -2.18. The third-order valence-electron chi connectivity index (χ3n) is 2.98. The predicted molar refractivity (Wildman–Crippen MR) is 83.2 cm³/mol. The van der Waals surface area contributed by atoms with E-state index in [0.29, 0.717) is 32.6 Å². The van der Waals surface area contributed by atoms with Crippen LogP contribution >= 0.6 is 0 Å². The molecule has 2 rings (SSSR count). The van der Waals surface area contributed by atoms with E-state index in [9.17, 15) is 8.42 Å². The number of benzene rings is 1. The monoisotopic (exact) mass is 311 g/mol. The van der Waals surface area contributed by atoms with E-state index in [4.69, 9.17) is 9.47 Å². The summed E-state index contributed by atoms with van der Waals surface area (Å²) in [4.78, 5) is 0. The Bertz CT molecular complexity index is 596. The predicted octanol–water partition coefficient (Wildman–Crippen LogP) is 2.19. The molecule has 6 heteroatoms. The fourth-order valence-electron chi connectivity index (χ4n) is 2.02. The van der Waals surface area contributed by atoms with E-state index >= 15 is 0 Å². The molecule has 0 bridgehead atoms. The number of fused-ring (bicyclic) bond motifs is 1. The molecule has 0 amide bonds. The molecule has 1 aliphatic heterocycles. The minimum Gasteiger partial charge on any atom is -0.486 e. The van der Waals surface area contributed by atoms with Gasteiger partial charge in [-0.05, 0) is 30.5 Å². The second kappa shape index (κ2) is 7.47. The molecule has 0 unspecified atom stereocenters. The van der Waals surface area contributed by atoms with Crippen LogP contribution in [0.15, 0.2) is 24.3 Å². The second-order valence-electron chi connectivity index (χ2n) is 4.81. The quantitative estimate of drug-likeness (QED) is 0.784. The van der Waals surface area contributed by atoms with Crippen LogP contribution in [0.25, 0.3) is 6.08 Å². The fourth-order valence-corrected chi connectivity index (χ4v) is 3.13. The van der Waals surface area contributed by atoms with E-state index in [1.54, 1.807) is 0 Å². The molecule has 0 aromatic heterocycles. The standard InChI is InChI=1S/C15H21NO4S/c1-2-11-21(17,18)16-8-4-3-5-13-6-7-14-15(12-13)20-10-9-19-14/h3,5-7,12,16H,2,4,8-11H2,1H3/b5-3+. The van der Waals surface area contributed by atoms with Gasteiger partial charge in [-0.1, -0.05) is 25.1 Å². The lowest BCUT2D eigenvalue weighted by atomic mass is 10.1. The molecular weight excluding hydrogens is 290 g/mol. The van der Waals surface area contributed by atoms with Crippen molar-refractivity contribution in [3.8, 4) is 11.5 Å². The maximum Gasteiger partial charge on any atom is 0.211 e. The summed E-state index contributed by atoms with van der Waals surface area (Å²) in [5.74, 6) is 1.71. The Morgan fingerprint density at radius 1 is 1.24 bits per heavy atom. The second-order valence-corrected chi connectivity index (χ2v) is 6.73. The van der Waals surface area contributed by atoms with Crippen LogP contribution in [-0.2, 0) is 10.0 Å². The molecule has 116 valence electrons. The number of nitrogens with one attached hydrogen (secondary N) is 1. The number of sulfonamides is 1. The zero-order valence-corrected chi connectivity index (χ0v) is 13.0. The summed E-state index contributed by atoms with van der Waals surface area (Å²) in [6.45, 7) is 3.42. The van der Waals surface area contributed by atoms with Crippen molar-refractivity contribution in [1.82, 2.24) is 4.72 Å². The molecule has 1 N–H and O–H groups in total. The Morgan fingerprint density at radius 3 is 2.76 bits per heavy atom. The Balaban J connectivity index is 1.82. The molecular formula is C15H21NO4S. The van der Waals surface area contributed by atoms with Gasteiger partial charge in [0, 0.05) is 6.54 Å². The lowest BCUT2D eigenvalue weighted by molar-refractivity contribution is 0.171. The van der Waals surface area contributed by atoms with Crippen molar-refractivity contribution >= 4 is 16.1 Å². The number of ether oxygens (including phenoxy) is 2. The first-order valence-electron chi connectivity index (χ1n) is 7.14. The van der Waals surface area contributed by atoms with Crippen molar-refractivity contribution in [3.63, 3.8) is 0 Å². The maximum atomic E-state index is 11.5. The smallest absolute Gasteiger partial charge is 0.211 e. The molecule has 0 fully saturated rings. The normalized spacial score (nSPS) is 14.5. The molecule has 1 heterocycles. The van der Waals surface area contributed by atoms with Gasteiger partial charge in [0.05, 0.1) is 5.75 Å². The van der Waals surface area contributed by atoms with E-state index in [0.717, 1.165) is 17.1 Å². The topological polar surface area (TPSA) is 64.6 Å². The number of hydrogen-bond acceptors (Lipinski definition) is 4. The van der Waals surface area contributed by atoms with Gasteiger partial charge in [-0.15, -0.1) is 0 Å². The summed E-state index contributed by atoms with van der Waals surface area (Å²) in [6.07, 6.45) is 5.17. The highest BCUT2D eigenvalue weighted by atomic mass is 32.2. The molecule has 0 saturated carbocycles. The van der Waals surface area contributed by atoms with Crippen molar-refractivity contribution in [2.45, 2.75) is 19.8 Å². The number of hydrogen-bond donors (Lipinski definition) is 1. The highest BCUT2D eigenvalue weighted by Crippen LogP contribution is 2.31.